The van der Waals surface area contributed by atoms with Gasteiger partial charge in [0.15, 0.2) is 6.29 Å². The minimum atomic E-state index is -0.611. The summed E-state index contributed by atoms with van der Waals surface area (Å²) in [5.74, 6) is -0.240. The SMILES string of the molecule is Nc1ccccc1NC(=O)CCCCC(=O)Nc1cccc([C@H]2O[C@@H](CN3CCN(Cc4ccccc4)CC3)C[C@@H](c3ccc(CO)cc3)O2)c1. The van der Waals surface area contributed by atoms with Crippen LogP contribution >= 0.6 is 0 Å². The molecule has 5 N–H and O–H groups in total. The van der Waals surface area contributed by atoms with E-state index < -0.39 is 6.29 Å². The zero-order valence-electron chi connectivity index (χ0n) is 29.1. The van der Waals surface area contributed by atoms with Crippen molar-refractivity contribution in [2.75, 3.05) is 49.1 Å². The van der Waals surface area contributed by atoms with Gasteiger partial charge < -0.3 is 30.9 Å². The summed E-state index contributed by atoms with van der Waals surface area (Å²) in [6.45, 7) is 5.72. The second-order valence-corrected chi connectivity index (χ2v) is 13.4. The monoisotopic (exact) mass is 691 g/mol. The Balaban J connectivity index is 1.03. The second-order valence-electron chi connectivity index (χ2n) is 13.4. The molecular weight excluding hydrogens is 642 g/mol. The minimum absolute atomic E-state index is 0.00588. The van der Waals surface area contributed by atoms with Crippen molar-refractivity contribution >= 4 is 28.9 Å². The molecule has 2 saturated heterocycles. The molecule has 0 unspecified atom stereocenters. The number of para-hydroxylation sites is 2. The molecule has 3 atom stereocenters. The van der Waals surface area contributed by atoms with Crippen molar-refractivity contribution in [3.63, 3.8) is 0 Å². The smallest absolute Gasteiger partial charge is 0.224 e. The highest BCUT2D eigenvalue weighted by Gasteiger charge is 2.34. The van der Waals surface area contributed by atoms with Crippen LogP contribution in [0.3, 0.4) is 0 Å². The Morgan fingerprint density at radius 3 is 2.14 bits per heavy atom. The highest BCUT2D eigenvalue weighted by Crippen LogP contribution is 2.39. The maximum Gasteiger partial charge on any atom is 0.224 e. The van der Waals surface area contributed by atoms with E-state index in [1.807, 2.05) is 60.7 Å². The summed E-state index contributed by atoms with van der Waals surface area (Å²) in [7, 11) is 0. The normalized spacial score (nSPS) is 19.7. The van der Waals surface area contributed by atoms with Crippen LogP contribution < -0.4 is 16.4 Å². The molecule has 268 valence electrons. The summed E-state index contributed by atoms with van der Waals surface area (Å²) in [5.41, 5.74) is 11.8. The number of piperazine rings is 1. The number of nitrogens with one attached hydrogen (secondary N) is 2. The van der Waals surface area contributed by atoms with Crippen LogP contribution in [-0.4, -0.2) is 65.5 Å². The number of amides is 2. The quantitative estimate of drug-likeness (QED) is 0.0901. The van der Waals surface area contributed by atoms with Crippen molar-refractivity contribution in [2.45, 2.75) is 63.8 Å². The highest BCUT2D eigenvalue weighted by atomic mass is 16.7. The van der Waals surface area contributed by atoms with Gasteiger partial charge in [0.1, 0.15) is 0 Å². The summed E-state index contributed by atoms with van der Waals surface area (Å²) in [6.07, 6.45) is 1.63. The van der Waals surface area contributed by atoms with Crippen LogP contribution in [0.1, 0.15) is 66.8 Å². The van der Waals surface area contributed by atoms with E-state index in [1.54, 1.807) is 12.1 Å². The molecule has 2 fully saturated rings. The van der Waals surface area contributed by atoms with Gasteiger partial charge in [0.05, 0.1) is 30.2 Å². The number of ether oxygens (including phenoxy) is 2. The lowest BCUT2D eigenvalue weighted by Gasteiger charge is -2.41. The number of benzene rings is 4. The molecule has 51 heavy (non-hydrogen) atoms. The van der Waals surface area contributed by atoms with E-state index in [0.29, 0.717) is 49.2 Å². The lowest BCUT2D eigenvalue weighted by atomic mass is 9.99. The van der Waals surface area contributed by atoms with Crippen molar-refractivity contribution in [2.24, 2.45) is 0 Å². The Morgan fingerprint density at radius 2 is 1.41 bits per heavy atom. The van der Waals surface area contributed by atoms with Crippen LogP contribution in [0, 0.1) is 0 Å². The van der Waals surface area contributed by atoms with Gasteiger partial charge in [0.2, 0.25) is 11.8 Å². The molecule has 0 saturated carbocycles. The second kappa shape index (κ2) is 18.1. The van der Waals surface area contributed by atoms with Gasteiger partial charge in [-0.15, -0.1) is 0 Å². The van der Waals surface area contributed by atoms with E-state index in [-0.39, 0.29) is 30.6 Å². The third kappa shape index (κ3) is 10.7. The standard InChI is InChI=1S/C41H49N5O5/c42-36-13-4-5-14-37(36)44-40(49)16-7-6-15-39(48)43-34-12-8-11-33(25-34)41-50-35(26-38(51-41)32-19-17-31(29-47)18-20-32)28-46-23-21-45(22-24-46)27-30-9-2-1-3-10-30/h1-5,8-14,17-20,25,35,38,41,47H,6-7,15-16,21-24,26-29,42H2,(H,43,48)(H,44,49)/t35-,38+,41+/m1/s1. The van der Waals surface area contributed by atoms with Crippen LogP contribution in [0.15, 0.2) is 103 Å². The van der Waals surface area contributed by atoms with Gasteiger partial charge in [0.25, 0.3) is 0 Å². The van der Waals surface area contributed by atoms with E-state index in [4.69, 9.17) is 15.2 Å². The molecule has 0 aliphatic carbocycles. The average molecular weight is 692 g/mol. The van der Waals surface area contributed by atoms with Gasteiger partial charge in [-0.25, -0.2) is 0 Å². The molecule has 6 rings (SSSR count). The summed E-state index contributed by atoms with van der Waals surface area (Å²) >= 11 is 0. The van der Waals surface area contributed by atoms with Crippen LogP contribution in [0.5, 0.6) is 0 Å². The fourth-order valence-corrected chi connectivity index (χ4v) is 6.67. The Hall–Kier alpha value is -4.58. The van der Waals surface area contributed by atoms with Gasteiger partial charge in [-0.2, -0.15) is 0 Å². The van der Waals surface area contributed by atoms with Crippen LogP contribution in [0.4, 0.5) is 17.1 Å². The number of aliphatic hydroxyl groups excluding tert-OH is 1. The molecule has 2 aliphatic heterocycles. The number of nitrogen functional groups attached to an aromatic ring is 1. The zero-order valence-corrected chi connectivity index (χ0v) is 29.1. The summed E-state index contributed by atoms with van der Waals surface area (Å²) in [6, 6.07) is 33.3. The number of aliphatic hydroxyl groups is 1. The van der Waals surface area contributed by atoms with Crippen molar-refractivity contribution in [1.82, 2.24) is 9.80 Å². The van der Waals surface area contributed by atoms with E-state index >= 15 is 0 Å². The molecule has 0 radical (unpaired) electrons. The average Bonchev–Trinajstić information content (AvgIpc) is 3.15. The molecule has 10 heteroatoms. The third-order valence-corrected chi connectivity index (χ3v) is 9.53. The number of nitrogens with two attached hydrogens (primary N) is 1. The van der Waals surface area contributed by atoms with E-state index in [0.717, 1.165) is 56.0 Å². The van der Waals surface area contributed by atoms with Crippen LogP contribution in [0.2, 0.25) is 0 Å². The summed E-state index contributed by atoms with van der Waals surface area (Å²) in [4.78, 5) is 30.2. The predicted octanol–water partition coefficient (Wildman–Crippen LogP) is 6.26. The van der Waals surface area contributed by atoms with Crippen LogP contribution in [-0.2, 0) is 32.2 Å². The van der Waals surface area contributed by atoms with E-state index in [1.165, 1.54) is 5.56 Å². The maximum absolute atomic E-state index is 12.9. The lowest BCUT2D eigenvalue weighted by Crippen LogP contribution is -2.49. The number of hydrogen-bond acceptors (Lipinski definition) is 8. The first-order valence-corrected chi connectivity index (χ1v) is 18.0. The number of rotatable bonds is 14. The molecule has 2 aliphatic rings. The van der Waals surface area contributed by atoms with Gasteiger partial charge in [-0.3, -0.25) is 19.4 Å². The Labute approximate surface area is 300 Å². The van der Waals surface area contributed by atoms with E-state index in [9.17, 15) is 14.7 Å². The molecule has 0 bridgehead atoms. The topological polar surface area (TPSA) is 129 Å². The van der Waals surface area contributed by atoms with Crippen molar-refractivity contribution in [1.29, 1.82) is 0 Å². The fourth-order valence-electron chi connectivity index (χ4n) is 6.67. The summed E-state index contributed by atoms with van der Waals surface area (Å²) in [5, 5.41) is 15.4. The number of nitrogens with zero attached hydrogens (tertiary/aromatic N) is 2. The number of anilines is 3. The molecule has 2 heterocycles. The predicted molar refractivity (Wildman–Crippen MR) is 200 cm³/mol. The van der Waals surface area contributed by atoms with Crippen molar-refractivity contribution < 1.29 is 24.2 Å². The molecule has 0 spiro atoms. The highest BCUT2D eigenvalue weighted by molar-refractivity contribution is 5.94. The number of carbonyl (C=O) groups excluding carboxylic acids is 2. The van der Waals surface area contributed by atoms with Crippen molar-refractivity contribution in [3.05, 3.63) is 125 Å². The van der Waals surface area contributed by atoms with Gasteiger partial charge in [-0.05, 0) is 53.8 Å². The first kappa shape index (κ1) is 36.2. The lowest BCUT2D eigenvalue weighted by molar-refractivity contribution is -0.253. The minimum Gasteiger partial charge on any atom is -0.397 e. The first-order valence-electron chi connectivity index (χ1n) is 18.0. The van der Waals surface area contributed by atoms with Gasteiger partial charge >= 0.3 is 0 Å². The van der Waals surface area contributed by atoms with Gasteiger partial charge in [-0.1, -0.05) is 78.9 Å². The molecule has 10 nitrogen and oxygen atoms in total. The Bertz CT molecular complexity index is 1710. The van der Waals surface area contributed by atoms with E-state index in [2.05, 4.69) is 50.8 Å². The fraction of sp³-hybridized carbons (Fsp3) is 0.366. The molecule has 0 aromatic heterocycles. The molecular formula is C41H49N5O5. The zero-order chi connectivity index (χ0) is 35.4. The summed E-state index contributed by atoms with van der Waals surface area (Å²) < 4.78 is 13.2. The number of hydrogen-bond donors (Lipinski definition) is 4. The maximum atomic E-state index is 12.9. The largest absolute Gasteiger partial charge is 0.397 e. The Morgan fingerprint density at radius 1 is 0.725 bits per heavy atom. The Kier molecular flexibility index (Phi) is 12.8. The van der Waals surface area contributed by atoms with Crippen LogP contribution in [0.25, 0.3) is 0 Å². The van der Waals surface area contributed by atoms with Gasteiger partial charge in [0, 0.05) is 69.8 Å². The molecule has 4 aromatic carbocycles. The third-order valence-electron chi connectivity index (χ3n) is 9.53. The number of unbranched alkanes of at least 4 members (excludes halogenated alkanes) is 1. The molecule has 2 amide bonds. The first-order chi connectivity index (χ1) is 24.9. The number of carbonyl (C=O) groups is 2. The molecule has 4 aromatic rings. The van der Waals surface area contributed by atoms with Crippen molar-refractivity contribution in [3.8, 4) is 0 Å².